The van der Waals surface area contributed by atoms with Crippen LogP contribution in [0.5, 0.6) is 5.75 Å². The van der Waals surface area contributed by atoms with Gasteiger partial charge in [0.1, 0.15) is 17.4 Å². The van der Waals surface area contributed by atoms with E-state index in [0.717, 1.165) is 50.6 Å². The van der Waals surface area contributed by atoms with Crippen LogP contribution >= 0.6 is 0 Å². The summed E-state index contributed by atoms with van der Waals surface area (Å²) in [5.74, 6) is 1.78. The lowest BCUT2D eigenvalue weighted by Gasteiger charge is -2.26. The molecule has 7 rings (SSSR count). The first-order valence-electron chi connectivity index (χ1n) is 13.2. The molecular formula is C35H26N4O. The van der Waals surface area contributed by atoms with Crippen LogP contribution in [0, 0.1) is 0 Å². The maximum absolute atomic E-state index is 10.5. The Labute approximate surface area is 232 Å². The van der Waals surface area contributed by atoms with Gasteiger partial charge in [-0.2, -0.15) is 0 Å². The van der Waals surface area contributed by atoms with E-state index in [1.807, 2.05) is 54.2 Å². The number of phenolic OH excluding ortho intramolecular Hbond substituents is 1. The Morgan fingerprint density at radius 1 is 0.700 bits per heavy atom. The fourth-order valence-electron chi connectivity index (χ4n) is 5.45. The van der Waals surface area contributed by atoms with Crippen LogP contribution in [-0.2, 0) is 7.05 Å². The molecule has 40 heavy (non-hydrogen) atoms. The van der Waals surface area contributed by atoms with Gasteiger partial charge in [-0.25, -0.2) is 9.97 Å². The molecule has 1 N–H and O–H groups in total. The van der Waals surface area contributed by atoms with Crippen molar-refractivity contribution in [2.75, 3.05) is 4.90 Å². The third-order valence-electron chi connectivity index (χ3n) is 7.36. The second-order valence-electron chi connectivity index (χ2n) is 9.76. The molecule has 0 unspecified atom stereocenters. The normalized spacial score (nSPS) is 11.2. The molecule has 192 valence electrons. The van der Waals surface area contributed by atoms with Crippen molar-refractivity contribution in [3.63, 3.8) is 0 Å². The van der Waals surface area contributed by atoms with Crippen molar-refractivity contribution in [3.8, 4) is 28.3 Å². The van der Waals surface area contributed by atoms with Gasteiger partial charge in [-0.3, -0.25) is 4.90 Å². The molecule has 0 saturated carbocycles. The number of imidazole rings is 1. The summed E-state index contributed by atoms with van der Waals surface area (Å²) in [7, 11) is 1.99. The molecule has 7 aromatic rings. The standard InChI is InChI=1S/C35H26N4O/c1-38-31-19-10-17-28(34(31)37-35(38)29-16-4-5-20-32(29)40)25-13-8-14-26(23-25)39(33-21-6-7-22-36-33)30-18-9-12-24-11-2-3-15-27(24)30/h2-23,40H,1H3. The highest BCUT2D eigenvalue weighted by molar-refractivity contribution is 6.00. The van der Waals surface area contributed by atoms with Crippen molar-refractivity contribution < 1.29 is 5.11 Å². The van der Waals surface area contributed by atoms with Gasteiger partial charge in [0.15, 0.2) is 0 Å². The van der Waals surface area contributed by atoms with E-state index in [2.05, 4.69) is 89.8 Å². The molecule has 0 aliphatic heterocycles. The second-order valence-corrected chi connectivity index (χ2v) is 9.76. The third kappa shape index (κ3) is 3.96. The van der Waals surface area contributed by atoms with Crippen LogP contribution in [-0.4, -0.2) is 19.6 Å². The zero-order valence-electron chi connectivity index (χ0n) is 21.9. The number of aryl methyl sites for hydroxylation is 1. The van der Waals surface area contributed by atoms with Crippen LogP contribution in [0.25, 0.3) is 44.3 Å². The smallest absolute Gasteiger partial charge is 0.144 e. The quantitative estimate of drug-likeness (QED) is 0.248. The minimum absolute atomic E-state index is 0.213. The highest BCUT2D eigenvalue weighted by atomic mass is 16.3. The van der Waals surface area contributed by atoms with E-state index in [0.29, 0.717) is 5.56 Å². The summed E-state index contributed by atoms with van der Waals surface area (Å²) in [4.78, 5) is 12.0. The third-order valence-corrected chi connectivity index (χ3v) is 7.36. The number of para-hydroxylation sites is 2. The number of hydrogen-bond donors (Lipinski definition) is 1. The molecule has 2 aromatic heterocycles. The summed E-state index contributed by atoms with van der Waals surface area (Å²) in [6, 6.07) is 42.8. The molecule has 2 heterocycles. The number of phenols is 1. The summed E-state index contributed by atoms with van der Waals surface area (Å²) in [5, 5.41) is 12.9. The Kier molecular flexibility index (Phi) is 5.75. The SMILES string of the molecule is Cn1c(-c2ccccc2O)nc2c(-c3cccc(N(c4ccccn4)c4cccc5ccccc45)c3)cccc21. The van der Waals surface area contributed by atoms with Crippen LogP contribution in [0.4, 0.5) is 17.2 Å². The van der Waals surface area contributed by atoms with Crippen molar-refractivity contribution in [2.24, 2.45) is 7.05 Å². The second kappa shape index (κ2) is 9.71. The first-order chi connectivity index (χ1) is 19.7. The number of fused-ring (bicyclic) bond motifs is 2. The predicted octanol–water partition coefficient (Wildman–Crippen LogP) is 8.63. The van der Waals surface area contributed by atoms with Crippen molar-refractivity contribution in [1.82, 2.24) is 14.5 Å². The maximum atomic E-state index is 10.5. The van der Waals surface area contributed by atoms with Crippen molar-refractivity contribution in [2.45, 2.75) is 0 Å². The van der Waals surface area contributed by atoms with E-state index in [9.17, 15) is 5.11 Å². The van der Waals surface area contributed by atoms with Crippen LogP contribution in [0.2, 0.25) is 0 Å². The monoisotopic (exact) mass is 518 g/mol. The lowest BCUT2D eigenvalue weighted by molar-refractivity contribution is 0.476. The minimum atomic E-state index is 0.213. The number of nitrogens with zero attached hydrogens (tertiary/aromatic N) is 4. The first kappa shape index (κ1) is 23.7. The Morgan fingerprint density at radius 3 is 2.33 bits per heavy atom. The van der Waals surface area contributed by atoms with Gasteiger partial charge < -0.3 is 9.67 Å². The first-order valence-corrected chi connectivity index (χ1v) is 13.2. The van der Waals surface area contributed by atoms with Gasteiger partial charge in [-0.1, -0.05) is 78.9 Å². The summed E-state index contributed by atoms with van der Waals surface area (Å²) < 4.78 is 2.04. The summed E-state index contributed by atoms with van der Waals surface area (Å²) >= 11 is 0. The zero-order chi connectivity index (χ0) is 27.1. The Hall–Kier alpha value is -5.42. The van der Waals surface area contributed by atoms with Crippen LogP contribution < -0.4 is 4.90 Å². The van der Waals surface area contributed by atoms with Gasteiger partial charge in [-0.15, -0.1) is 0 Å². The van der Waals surface area contributed by atoms with Gasteiger partial charge in [0.25, 0.3) is 0 Å². The summed E-state index contributed by atoms with van der Waals surface area (Å²) in [6.07, 6.45) is 1.83. The Bertz CT molecular complexity index is 1990. The number of pyridine rings is 1. The van der Waals surface area contributed by atoms with Gasteiger partial charge in [0.05, 0.1) is 22.3 Å². The number of hydrogen-bond acceptors (Lipinski definition) is 4. The van der Waals surface area contributed by atoms with Crippen molar-refractivity contribution in [1.29, 1.82) is 0 Å². The molecule has 0 fully saturated rings. The molecule has 0 aliphatic carbocycles. The van der Waals surface area contributed by atoms with Crippen LogP contribution in [0.1, 0.15) is 0 Å². The highest BCUT2D eigenvalue weighted by Crippen LogP contribution is 2.40. The molecule has 0 aliphatic rings. The fraction of sp³-hybridized carbons (Fsp3) is 0.0286. The molecule has 0 atom stereocenters. The lowest BCUT2D eigenvalue weighted by atomic mass is 10.0. The predicted molar refractivity (Wildman–Crippen MR) is 163 cm³/mol. The number of aromatic hydroxyl groups is 1. The number of rotatable bonds is 5. The van der Waals surface area contributed by atoms with E-state index in [-0.39, 0.29) is 5.75 Å². The van der Waals surface area contributed by atoms with Gasteiger partial charge in [-0.05, 0) is 59.5 Å². The van der Waals surface area contributed by atoms with E-state index < -0.39 is 0 Å². The van der Waals surface area contributed by atoms with Crippen molar-refractivity contribution >= 4 is 39.0 Å². The molecule has 5 heteroatoms. The van der Waals surface area contributed by atoms with E-state index in [4.69, 9.17) is 9.97 Å². The molecule has 0 spiro atoms. The highest BCUT2D eigenvalue weighted by Gasteiger charge is 2.19. The van der Waals surface area contributed by atoms with Crippen LogP contribution in [0.15, 0.2) is 134 Å². The van der Waals surface area contributed by atoms with E-state index >= 15 is 0 Å². The lowest BCUT2D eigenvalue weighted by Crippen LogP contribution is -2.11. The molecule has 0 saturated heterocycles. The Balaban J connectivity index is 1.41. The number of anilines is 3. The average Bonchev–Trinajstić information content (AvgIpc) is 3.34. The largest absolute Gasteiger partial charge is 0.507 e. The summed E-state index contributed by atoms with van der Waals surface area (Å²) in [6.45, 7) is 0. The van der Waals surface area contributed by atoms with Crippen LogP contribution in [0.3, 0.4) is 0 Å². The average molecular weight is 519 g/mol. The molecule has 0 bridgehead atoms. The number of benzene rings is 5. The van der Waals surface area contributed by atoms with Gasteiger partial charge in [0.2, 0.25) is 0 Å². The van der Waals surface area contributed by atoms with Gasteiger partial charge in [0, 0.05) is 29.9 Å². The van der Waals surface area contributed by atoms with E-state index in [1.54, 1.807) is 6.07 Å². The maximum Gasteiger partial charge on any atom is 0.144 e. The molecule has 5 nitrogen and oxygen atoms in total. The van der Waals surface area contributed by atoms with Crippen molar-refractivity contribution in [3.05, 3.63) is 134 Å². The number of aromatic nitrogens is 3. The Morgan fingerprint density at radius 2 is 1.45 bits per heavy atom. The minimum Gasteiger partial charge on any atom is -0.507 e. The molecule has 0 amide bonds. The van der Waals surface area contributed by atoms with Gasteiger partial charge >= 0.3 is 0 Å². The molecule has 5 aromatic carbocycles. The topological polar surface area (TPSA) is 54.2 Å². The molecule has 0 radical (unpaired) electrons. The summed E-state index contributed by atoms with van der Waals surface area (Å²) in [5.41, 5.74) is 6.72. The fourth-order valence-corrected chi connectivity index (χ4v) is 5.45. The van der Waals surface area contributed by atoms with E-state index in [1.165, 1.54) is 5.39 Å². The zero-order valence-corrected chi connectivity index (χ0v) is 21.9. The molecular weight excluding hydrogens is 492 g/mol.